The van der Waals surface area contributed by atoms with E-state index in [1.165, 1.54) is 17.0 Å². The highest BCUT2D eigenvalue weighted by molar-refractivity contribution is 9.10. The van der Waals surface area contributed by atoms with Crippen molar-refractivity contribution in [2.24, 2.45) is 0 Å². The molecule has 0 saturated carbocycles. The Bertz CT molecular complexity index is 1640. The molecule has 0 saturated heterocycles. The summed E-state index contributed by atoms with van der Waals surface area (Å²) in [5.74, 6) is -0.835. The van der Waals surface area contributed by atoms with Crippen molar-refractivity contribution in [3.05, 3.63) is 130 Å². The van der Waals surface area contributed by atoms with Gasteiger partial charge in [0.15, 0.2) is 0 Å². The average molecular weight is 697 g/mol. The van der Waals surface area contributed by atoms with E-state index in [0.717, 1.165) is 27.2 Å². The van der Waals surface area contributed by atoms with Crippen LogP contribution in [0, 0.1) is 0 Å². The third-order valence-corrected chi connectivity index (χ3v) is 9.62. The van der Waals surface area contributed by atoms with Gasteiger partial charge in [-0.05, 0) is 66.1 Å². The van der Waals surface area contributed by atoms with Crippen molar-refractivity contribution < 1.29 is 18.0 Å². The van der Waals surface area contributed by atoms with Crippen LogP contribution in [0.3, 0.4) is 0 Å². The van der Waals surface area contributed by atoms with Crippen LogP contribution in [-0.4, -0.2) is 44.3 Å². The summed E-state index contributed by atoms with van der Waals surface area (Å²) >= 11 is 9.70. The Hall–Kier alpha value is -3.66. The largest absolute Gasteiger partial charge is 0.354 e. The lowest BCUT2D eigenvalue weighted by Crippen LogP contribution is -2.53. The van der Waals surface area contributed by atoms with E-state index in [4.69, 9.17) is 11.6 Å². The van der Waals surface area contributed by atoms with Gasteiger partial charge in [0.25, 0.3) is 10.0 Å². The lowest BCUT2D eigenvalue weighted by Gasteiger charge is -2.34. The molecule has 0 spiro atoms. The summed E-state index contributed by atoms with van der Waals surface area (Å²) in [5.41, 5.74) is 1.90. The molecule has 0 bridgehead atoms. The molecular formula is C34H35BrClN3O4S. The summed E-state index contributed by atoms with van der Waals surface area (Å²) in [6.45, 7) is 2.03. The van der Waals surface area contributed by atoms with Crippen LogP contribution in [-0.2, 0) is 32.6 Å². The van der Waals surface area contributed by atoms with E-state index in [2.05, 4.69) is 21.2 Å². The van der Waals surface area contributed by atoms with Gasteiger partial charge in [-0.1, -0.05) is 102 Å². The molecule has 0 aliphatic rings. The number of amides is 2. The normalized spacial score (nSPS) is 11.9. The number of hydrogen-bond acceptors (Lipinski definition) is 4. The highest BCUT2D eigenvalue weighted by atomic mass is 79.9. The van der Waals surface area contributed by atoms with Crippen LogP contribution >= 0.6 is 27.5 Å². The number of nitrogens with zero attached hydrogens (tertiary/aromatic N) is 2. The first-order valence-corrected chi connectivity index (χ1v) is 17.0. The van der Waals surface area contributed by atoms with Gasteiger partial charge in [0.2, 0.25) is 11.8 Å². The number of anilines is 1. The van der Waals surface area contributed by atoms with Crippen molar-refractivity contribution in [2.45, 2.75) is 43.7 Å². The molecule has 10 heteroatoms. The maximum atomic E-state index is 14.4. The van der Waals surface area contributed by atoms with Gasteiger partial charge < -0.3 is 10.2 Å². The fourth-order valence-corrected chi connectivity index (χ4v) is 6.66. The van der Waals surface area contributed by atoms with Gasteiger partial charge in [0.05, 0.1) is 10.6 Å². The second-order valence-corrected chi connectivity index (χ2v) is 13.5. The van der Waals surface area contributed by atoms with Crippen molar-refractivity contribution in [1.29, 1.82) is 0 Å². The number of carbonyl (C=O) groups is 2. The average Bonchev–Trinajstić information content (AvgIpc) is 3.03. The van der Waals surface area contributed by atoms with Gasteiger partial charge in [-0.2, -0.15) is 0 Å². The molecule has 230 valence electrons. The Morgan fingerprint density at radius 1 is 0.864 bits per heavy atom. The fraction of sp³-hybridized carbons (Fsp3) is 0.235. The third kappa shape index (κ3) is 8.94. The first-order valence-electron chi connectivity index (χ1n) is 14.4. The summed E-state index contributed by atoms with van der Waals surface area (Å²) < 4.78 is 29.8. The van der Waals surface area contributed by atoms with E-state index < -0.39 is 28.5 Å². The van der Waals surface area contributed by atoms with Crippen molar-refractivity contribution in [3.8, 4) is 0 Å². The lowest BCUT2D eigenvalue weighted by molar-refractivity contribution is -0.140. The van der Waals surface area contributed by atoms with Crippen molar-refractivity contribution in [1.82, 2.24) is 10.2 Å². The van der Waals surface area contributed by atoms with Gasteiger partial charge in [0.1, 0.15) is 12.6 Å². The van der Waals surface area contributed by atoms with Crippen LogP contribution in [0.5, 0.6) is 0 Å². The maximum absolute atomic E-state index is 14.4. The Morgan fingerprint density at radius 3 is 2.14 bits per heavy atom. The Labute approximate surface area is 273 Å². The second kappa shape index (κ2) is 15.9. The molecule has 0 radical (unpaired) electrons. The molecule has 0 unspecified atom stereocenters. The zero-order valence-electron chi connectivity index (χ0n) is 24.4. The molecule has 4 rings (SSSR count). The van der Waals surface area contributed by atoms with Crippen molar-refractivity contribution >= 4 is 55.1 Å². The third-order valence-electron chi connectivity index (χ3n) is 7.07. The SMILES string of the molecule is CCCCNC(=O)[C@@H](Cc1ccccc1)N(Cc1cccc(Cl)c1)C(=O)CN(c1ccc(Br)cc1)S(=O)(=O)c1ccccc1. The fourth-order valence-electron chi connectivity index (χ4n) is 4.75. The predicted molar refractivity (Wildman–Crippen MR) is 179 cm³/mol. The molecule has 7 nitrogen and oxygen atoms in total. The van der Waals surface area contributed by atoms with E-state index in [1.54, 1.807) is 60.7 Å². The highest BCUT2D eigenvalue weighted by Crippen LogP contribution is 2.26. The first kappa shape index (κ1) is 33.2. The van der Waals surface area contributed by atoms with Gasteiger partial charge in [0, 0.05) is 29.0 Å². The molecular weight excluding hydrogens is 662 g/mol. The molecule has 0 fully saturated rings. The molecule has 4 aromatic rings. The van der Waals surface area contributed by atoms with E-state index in [0.29, 0.717) is 22.8 Å². The first-order chi connectivity index (χ1) is 21.2. The summed E-state index contributed by atoms with van der Waals surface area (Å²) in [6.07, 6.45) is 1.93. The number of benzene rings is 4. The van der Waals surface area contributed by atoms with Crippen LogP contribution in [0.15, 0.2) is 119 Å². The van der Waals surface area contributed by atoms with Crippen molar-refractivity contribution in [2.75, 3.05) is 17.4 Å². The molecule has 0 aromatic heterocycles. The maximum Gasteiger partial charge on any atom is 0.264 e. The molecule has 0 heterocycles. The molecule has 0 aliphatic heterocycles. The number of rotatable bonds is 14. The van der Waals surface area contributed by atoms with E-state index in [9.17, 15) is 18.0 Å². The minimum atomic E-state index is -4.15. The molecule has 1 atom stereocenters. The zero-order chi connectivity index (χ0) is 31.5. The van der Waals surface area contributed by atoms with Gasteiger partial charge >= 0.3 is 0 Å². The van der Waals surface area contributed by atoms with Gasteiger partial charge in [-0.25, -0.2) is 8.42 Å². The van der Waals surface area contributed by atoms with Crippen LogP contribution in [0.25, 0.3) is 0 Å². The number of hydrogen-bond donors (Lipinski definition) is 1. The number of sulfonamides is 1. The monoisotopic (exact) mass is 695 g/mol. The Kier molecular flexibility index (Phi) is 12.0. The smallest absolute Gasteiger partial charge is 0.264 e. The number of halogens is 2. The van der Waals surface area contributed by atoms with Crippen LogP contribution in [0.1, 0.15) is 30.9 Å². The lowest BCUT2D eigenvalue weighted by atomic mass is 10.0. The summed E-state index contributed by atoms with van der Waals surface area (Å²) in [4.78, 5) is 29.7. The number of unbranched alkanes of at least 4 members (excludes halogenated alkanes) is 1. The van der Waals surface area contributed by atoms with Crippen LogP contribution < -0.4 is 9.62 Å². The minimum Gasteiger partial charge on any atom is -0.354 e. The highest BCUT2D eigenvalue weighted by Gasteiger charge is 2.34. The molecule has 44 heavy (non-hydrogen) atoms. The zero-order valence-corrected chi connectivity index (χ0v) is 27.6. The van der Waals surface area contributed by atoms with E-state index >= 15 is 0 Å². The number of carbonyl (C=O) groups excluding carboxylic acids is 2. The van der Waals surface area contributed by atoms with Crippen LogP contribution in [0.2, 0.25) is 5.02 Å². The second-order valence-electron chi connectivity index (χ2n) is 10.3. The Balaban J connectivity index is 1.78. The molecule has 0 aliphatic carbocycles. The quantitative estimate of drug-likeness (QED) is 0.146. The van der Waals surface area contributed by atoms with Gasteiger partial charge in [-0.3, -0.25) is 13.9 Å². The minimum absolute atomic E-state index is 0.0512. The van der Waals surface area contributed by atoms with Crippen molar-refractivity contribution in [3.63, 3.8) is 0 Å². The summed E-state index contributed by atoms with van der Waals surface area (Å²) in [6, 6.07) is 30.3. The molecule has 4 aromatic carbocycles. The topological polar surface area (TPSA) is 86.8 Å². The number of nitrogens with one attached hydrogen (secondary N) is 1. The van der Waals surface area contributed by atoms with Gasteiger partial charge in [-0.15, -0.1) is 0 Å². The van der Waals surface area contributed by atoms with E-state index in [-0.39, 0.29) is 23.8 Å². The van der Waals surface area contributed by atoms with Crippen LogP contribution in [0.4, 0.5) is 5.69 Å². The Morgan fingerprint density at radius 2 is 1.50 bits per heavy atom. The standard InChI is InChI=1S/C34H35BrClN3O4S/c1-2-3-21-37-34(41)32(23-26-11-6-4-7-12-26)38(24-27-13-10-14-29(36)22-27)33(40)25-39(30-19-17-28(35)18-20-30)44(42,43)31-15-8-5-9-16-31/h4-20,22,32H,2-3,21,23-25H2,1H3,(H,37,41)/t32-/m1/s1. The molecule has 2 amide bonds. The van der Waals surface area contributed by atoms with E-state index in [1.807, 2.05) is 43.3 Å². The summed E-state index contributed by atoms with van der Waals surface area (Å²) in [5, 5.41) is 3.48. The summed E-state index contributed by atoms with van der Waals surface area (Å²) in [7, 11) is -4.15. The predicted octanol–water partition coefficient (Wildman–Crippen LogP) is 6.85. The molecule has 1 N–H and O–H groups in total.